The Morgan fingerprint density at radius 2 is 2.00 bits per heavy atom. The van der Waals surface area contributed by atoms with E-state index >= 15 is 0 Å². The van der Waals surface area contributed by atoms with E-state index in [0.717, 1.165) is 10.6 Å². The number of nitrogens with zero attached hydrogens (tertiary/aromatic N) is 1. The first-order chi connectivity index (χ1) is 5.88. The summed E-state index contributed by atoms with van der Waals surface area (Å²) in [6.07, 6.45) is 1.08. The fourth-order valence-electron chi connectivity index (χ4n) is 0.448. The van der Waals surface area contributed by atoms with Crippen molar-refractivity contribution in [3.63, 3.8) is 0 Å². The number of likely N-dealkylation sites (N-methyl/N-ethyl adjacent to an activating group) is 1. The van der Waals surface area contributed by atoms with E-state index in [4.69, 9.17) is 0 Å². The summed E-state index contributed by atoms with van der Waals surface area (Å²) in [4.78, 5) is 0. The number of sulfonamides is 1. The summed E-state index contributed by atoms with van der Waals surface area (Å²) in [5.41, 5.74) is 0. The third kappa shape index (κ3) is 6.11. The highest BCUT2D eigenvalue weighted by atomic mass is 32.2. The lowest BCUT2D eigenvalue weighted by Crippen LogP contribution is -2.29. The van der Waals surface area contributed by atoms with Crippen LogP contribution < -0.4 is 0 Å². The van der Waals surface area contributed by atoms with Crippen molar-refractivity contribution < 1.29 is 21.0 Å². The molecule has 0 aromatic heterocycles. The van der Waals surface area contributed by atoms with Crippen LogP contribution in [0.5, 0.6) is 0 Å². The fraction of sp³-hybridized carbons (Fsp3) is 1.00. The summed E-state index contributed by atoms with van der Waals surface area (Å²) in [7, 11) is -0.550. The standard InChI is InChI=1S/C5H13NO5S2/c1-6(13(3,8)9)4-5-11-12(7)10-2/h4-5H2,1-3H3. The van der Waals surface area contributed by atoms with Gasteiger partial charge in [0.2, 0.25) is 10.0 Å². The lowest BCUT2D eigenvalue weighted by atomic mass is 10.7. The molecule has 13 heavy (non-hydrogen) atoms. The van der Waals surface area contributed by atoms with Gasteiger partial charge in [0.25, 0.3) is 0 Å². The molecule has 0 amide bonds. The lowest BCUT2D eigenvalue weighted by molar-refractivity contribution is 0.264. The topological polar surface area (TPSA) is 72.9 Å². The quantitative estimate of drug-likeness (QED) is 0.593. The number of hydrogen-bond donors (Lipinski definition) is 0. The van der Waals surface area contributed by atoms with Crippen molar-refractivity contribution in [3.8, 4) is 0 Å². The van der Waals surface area contributed by atoms with Crippen LogP contribution in [-0.4, -0.2) is 50.5 Å². The maximum atomic E-state index is 10.8. The number of hydrogen-bond acceptors (Lipinski definition) is 5. The Morgan fingerprint density at radius 3 is 2.38 bits per heavy atom. The molecule has 0 spiro atoms. The molecule has 0 bridgehead atoms. The minimum atomic E-state index is -3.19. The summed E-state index contributed by atoms with van der Waals surface area (Å²) in [5, 5.41) is 0. The molecule has 1 atom stereocenters. The minimum Gasteiger partial charge on any atom is -0.272 e. The molecule has 0 saturated heterocycles. The van der Waals surface area contributed by atoms with Crippen LogP contribution in [-0.2, 0) is 29.8 Å². The summed E-state index contributed by atoms with van der Waals surface area (Å²) >= 11 is -1.79. The Kier molecular flexibility index (Phi) is 5.65. The monoisotopic (exact) mass is 231 g/mol. The van der Waals surface area contributed by atoms with Gasteiger partial charge in [-0.25, -0.2) is 12.7 Å². The van der Waals surface area contributed by atoms with Crippen LogP contribution in [0.15, 0.2) is 0 Å². The van der Waals surface area contributed by atoms with Crippen LogP contribution in [0, 0.1) is 0 Å². The first-order valence-electron chi connectivity index (χ1n) is 3.38. The van der Waals surface area contributed by atoms with Crippen LogP contribution in [0.3, 0.4) is 0 Å². The van der Waals surface area contributed by atoms with E-state index in [2.05, 4.69) is 8.37 Å². The van der Waals surface area contributed by atoms with Crippen molar-refractivity contribution in [3.05, 3.63) is 0 Å². The highest BCUT2D eigenvalue weighted by molar-refractivity contribution is 7.88. The van der Waals surface area contributed by atoms with E-state index in [0.29, 0.717) is 0 Å². The van der Waals surface area contributed by atoms with Gasteiger partial charge in [-0.15, -0.1) is 0 Å². The van der Waals surface area contributed by atoms with Gasteiger partial charge >= 0.3 is 11.4 Å². The largest absolute Gasteiger partial charge is 0.304 e. The van der Waals surface area contributed by atoms with Crippen LogP contribution >= 0.6 is 0 Å². The molecule has 0 N–H and O–H groups in total. The zero-order valence-corrected chi connectivity index (χ0v) is 9.35. The van der Waals surface area contributed by atoms with Gasteiger partial charge < -0.3 is 0 Å². The molecule has 1 unspecified atom stereocenters. The van der Waals surface area contributed by atoms with E-state index in [1.54, 1.807) is 0 Å². The molecular formula is C5H13NO5S2. The highest BCUT2D eigenvalue weighted by Crippen LogP contribution is 1.93. The average Bonchev–Trinajstić information content (AvgIpc) is 2.02. The second kappa shape index (κ2) is 5.66. The van der Waals surface area contributed by atoms with Crippen LogP contribution in [0.1, 0.15) is 0 Å². The summed E-state index contributed by atoms with van der Waals surface area (Å²) in [5.74, 6) is 0. The first kappa shape index (κ1) is 13.0. The van der Waals surface area contributed by atoms with Crippen molar-refractivity contribution in [1.82, 2.24) is 4.31 Å². The second-order valence-corrected chi connectivity index (χ2v) is 5.34. The van der Waals surface area contributed by atoms with Gasteiger partial charge in [0, 0.05) is 13.6 Å². The molecule has 0 aliphatic carbocycles. The van der Waals surface area contributed by atoms with Crippen LogP contribution in [0.2, 0.25) is 0 Å². The Morgan fingerprint density at radius 1 is 1.46 bits per heavy atom. The van der Waals surface area contributed by atoms with Gasteiger partial charge in [0.15, 0.2) is 0 Å². The second-order valence-electron chi connectivity index (χ2n) is 2.28. The molecule has 0 aliphatic rings. The van der Waals surface area contributed by atoms with Gasteiger partial charge in [0.1, 0.15) is 0 Å². The van der Waals surface area contributed by atoms with Crippen LogP contribution in [0.4, 0.5) is 0 Å². The fourth-order valence-corrected chi connectivity index (χ4v) is 1.16. The van der Waals surface area contributed by atoms with E-state index in [1.807, 2.05) is 0 Å². The van der Waals surface area contributed by atoms with Crippen molar-refractivity contribution in [2.45, 2.75) is 0 Å². The molecule has 0 aliphatic heterocycles. The summed E-state index contributed by atoms with van der Waals surface area (Å²) in [6, 6.07) is 0. The Labute approximate surface area is 80.7 Å². The number of rotatable bonds is 6. The Balaban J connectivity index is 3.73. The van der Waals surface area contributed by atoms with Crippen molar-refractivity contribution in [2.24, 2.45) is 0 Å². The highest BCUT2D eigenvalue weighted by Gasteiger charge is 2.10. The van der Waals surface area contributed by atoms with E-state index in [9.17, 15) is 12.6 Å². The van der Waals surface area contributed by atoms with Crippen molar-refractivity contribution in [2.75, 3.05) is 33.6 Å². The average molecular weight is 231 g/mol. The van der Waals surface area contributed by atoms with E-state index in [1.165, 1.54) is 14.2 Å². The molecule has 0 aromatic carbocycles. The zero-order valence-electron chi connectivity index (χ0n) is 7.72. The molecule has 8 heteroatoms. The van der Waals surface area contributed by atoms with Gasteiger partial charge in [-0.3, -0.25) is 8.37 Å². The minimum absolute atomic E-state index is 0.0318. The molecule has 0 heterocycles. The molecule has 80 valence electrons. The third-order valence-electron chi connectivity index (χ3n) is 1.29. The van der Waals surface area contributed by atoms with Gasteiger partial charge in [0.05, 0.1) is 20.0 Å². The smallest absolute Gasteiger partial charge is 0.272 e. The molecule has 0 radical (unpaired) electrons. The maximum Gasteiger partial charge on any atom is 0.304 e. The van der Waals surface area contributed by atoms with E-state index < -0.39 is 21.4 Å². The van der Waals surface area contributed by atoms with Gasteiger partial charge in [-0.2, -0.15) is 4.21 Å². The molecular weight excluding hydrogens is 218 g/mol. The molecule has 6 nitrogen and oxygen atoms in total. The van der Waals surface area contributed by atoms with Gasteiger partial charge in [-0.05, 0) is 0 Å². The lowest BCUT2D eigenvalue weighted by Gasteiger charge is -2.12. The Hall–Kier alpha value is -0.0200. The SMILES string of the molecule is COS(=O)OCCN(C)S(C)(=O)=O. The summed E-state index contributed by atoms with van der Waals surface area (Å²) < 4.78 is 42.2. The molecule has 0 fully saturated rings. The van der Waals surface area contributed by atoms with E-state index in [-0.39, 0.29) is 13.2 Å². The molecule has 0 aromatic rings. The third-order valence-corrected chi connectivity index (χ3v) is 3.23. The molecule has 0 saturated carbocycles. The predicted molar refractivity (Wildman–Crippen MR) is 48.6 cm³/mol. The zero-order chi connectivity index (χ0) is 10.5. The van der Waals surface area contributed by atoms with Gasteiger partial charge in [-0.1, -0.05) is 0 Å². The van der Waals surface area contributed by atoms with Crippen LogP contribution in [0.25, 0.3) is 0 Å². The predicted octanol–water partition coefficient (Wildman–Crippen LogP) is -0.880. The van der Waals surface area contributed by atoms with Crippen molar-refractivity contribution >= 4 is 21.4 Å². The normalized spacial score (nSPS) is 14.8. The maximum absolute atomic E-state index is 10.8. The summed E-state index contributed by atoms with van der Waals surface area (Å²) in [6.45, 7) is 0.179. The Bertz CT molecular complexity index is 262. The molecule has 0 rings (SSSR count). The van der Waals surface area contributed by atoms with Crippen molar-refractivity contribution in [1.29, 1.82) is 0 Å². The first-order valence-corrected chi connectivity index (χ1v) is 6.23.